The van der Waals surface area contributed by atoms with Crippen molar-refractivity contribution < 1.29 is 14.3 Å². The molecule has 0 bridgehead atoms. The number of H-pyrrole nitrogens is 1. The fraction of sp³-hybridized carbons (Fsp3) is 0.333. The second kappa shape index (κ2) is 13.2. The lowest BCUT2D eigenvalue weighted by Gasteiger charge is -2.24. The number of methoxy groups -OCH3 is 1. The van der Waals surface area contributed by atoms with Gasteiger partial charge in [-0.3, -0.25) is 30.0 Å². The molecule has 1 aliphatic heterocycles. The molecule has 3 N–H and O–H groups in total. The van der Waals surface area contributed by atoms with E-state index in [1.807, 2.05) is 64.3 Å². The van der Waals surface area contributed by atoms with Gasteiger partial charge < -0.3 is 4.74 Å². The van der Waals surface area contributed by atoms with Gasteiger partial charge in [0.2, 0.25) is 11.9 Å². The summed E-state index contributed by atoms with van der Waals surface area (Å²) in [4.78, 5) is 30.5. The number of aromatic nitrogens is 4. The number of nitrogens with zero attached hydrogens (tertiary/aromatic N) is 4. The molecule has 208 valence electrons. The molecule has 0 spiro atoms. The molecule has 4 aromatic rings. The SMILES string of the molecule is COC[C@@H]1CCCN1NC(=O)CCCCc1cn(-c2ccccc2)c(NC(=O)c2cccc(-c3cn[nH]c3)c2)n1. The predicted molar refractivity (Wildman–Crippen MR) is 153 cm³/mol. The van der Waals surface area contributed by atoms with Gasteiger partial charge in [0.05, 0.1) is 24.5 Å². The van der Waals surface area contributed by atoms with Crippen LogP contribution in [0.5, 0.6) is 0 Å². The van der Waals surface area contributed by atoms with Gasteiger partial charge in [-0.15, -0.1) is 0 Å². The number of unbranched alkanes of at least 4 members (excludes halogenated alkanes) is 1. The number of anilines is 1. The first-order valence-electron chi connectivity index (χ1n) is 13.7. The van der Waals surface area contributed by atoms with Gasteiger partial charge in [-0.05, 0) is 61.9 Å². The molecule has 2 aromatic heterocycles. The predicted octanol–water partition coefficient (Wildman–Crippen LogP) is 4.37. The molecule has 1 fully saturated rings. The number of rotatable bonds is 12. The number of para-hydroxylation sites is 1. The van der Waals surface area contributed by atoms with Crippen LogP contribution >= 0.6 is 0 Å². The van der Waals surface area contributed by atoms with E-state index in [9.17, 15) is 9.59 Å². The van der Waals surface area contributed by atoms with Crippen LogP contribution in [0.25, 0.3) is 16.8 Å². The van der Waals surface area contributed by atoms with Crippen molar-refractivity contribution in [3.8, 4) is 16.8 Å². The molecule has 5 rings (SSSR count). The number of hydrogen-bond acceptors (Lipinski definition) is 6. The van der Waals surface area contributed by atoms with Gasteiger partial charge in [0, 0.05) is 49.3 Å². The molecular formula is C30H35N7O3. The maximum Gasteiger partial charge on any atom is 0.258 e. The zero-order valence-electron chi connectivity index (χ0n) is 22.7. The lowest BCUT2D eigenvalue weighted by Crippen LogP contribution is -2.46. The van der Waals surface area contributed by atoms with Crippen LogP contribution in [0.4, 0.5) is 5.95 Å². The maximum atomic E-state index is 13.2. The Morgan fingerprint density at radius 1 is 1.10 bits per heavy atom. The Hall–Kier alpha value is -4.28. The molecule has 0 aliphatic carbocycles. The topological polar surface area (TPSA) is 117 Å². The van der Waals surface area contributed by atoms with Gasteiger partial charge in [0.15, 0.2) is 0 Å². The van der Waals surface area contributed by atoms with Crippen molar-refractivity contribution in [2.75, 3.05) is 25.6 Å². The molecule has 0 saturated carbocycles. The Morgan fingerprint density at radius 2 is 1.98 bits per heavy atom. The molecule has 2 aromatic carbocycles. The molecular weight excluding hydrogens is 506 g/mol. The lowest BCUT2D eigenvalue weighted by molar-refractivity contribution is -0.126. The molecule has 1 aliphatic rings. The Bertz CT molecular complexity index is 1400. The number of ether oxygens (including phenoxy) is 1. The Morgan fingerprint density at radius 3 is 2.77 bits per heavy atom. The van der Waals surface area contributed by atoms with Crippen molar-refractivity contribution >= 4 is 17.8 Å². The van der Waals surface area contributed by atoms with Gasteiger partial charge in [0.1, 0.15) is 0 Å². The number of carbonyl (C=O) groups is 2. The Kier molecular flexibility index (Phi) is 9.00. The smallest absolute Gasteiger partial charge is 0.258 e. The van der Waals surface area contributed by atoms with E-state index in [0.717, 1.165) is 54.7 Å². The summed E-state index contributed by atoms with van der Waals surface area (Å²) in [7, 11) is 1.69. The first-order valence-corrected chi connectivity index (χ1v) is 13.7. The van der Waals surface area contributed by atoms with Crippen LogP contribution in [0.1, 0.15) is 48.2 Å². The molecule has 10 heteroatoms. The van der Waals surface area contributed by atoms with Crippen molar-refractivity contribution in [2.24, 2.45) is 0 Å². The normalized spacial score (nSPS) is 15.3. The van der Waals surface area contributed by atoms with Crippen molar-refractivity contribution in [1.82, 2.24) is 30.2 Å². The molecule has 2 amide bonds. The van der Waals surface area contributed by atoms with E-state index in [4.69, 9.17) is 9.72 Å². The van der Waals surface area contributed by atoms with Gasteiger partial charge in [-0.25, -0.2) is 9.99 Å². The first-order chi connectivity index (χ1) is 19.6. The van der Waals surface area contributed by atoms with Crippen LogP contribution < -0.4 is 10.7 Å². The lowest BCUT2D eigenvalue weighted by atomic mass is 10.1. The maximum absolute atomic E-state index is 13.2. The summed E-state index contributed by atoms with van der Waals surface area (Å²) in [5.41, 5.74) is 7.13. The van der Waals surface area contributed by atoms with Crippen molar-refractivity contribution in [3.63, 3.8) is 0 Å². The molecule has 10 nitrogen and oxygen atoms in total. The fourth-order valence-electron chi connectivity index (χ4n) is 5.00. The second-order valence-corrected chi connectivity index (χ2v) is 9.97. The van der Waals surface area contributed by atoms with Gasteiger partial charge >= 0.3 is 0 Å². The van der Waals surface area contributed by atoms with Gasteiger partial charge in [-0.2, -0.15) is 5.10 Å². The first kappa shape index (κ1) is 27.3. The van der Waals surface area contributed by atoms with Crippen LogP contribution in [0.2, 0.25) is 0 Å². The fourth-order valence-corrected chi connectivity index (χ4v) is 5.00. The van der Waals surface area contributed by atoms with E-state index < -0.39 is 0 Å². The minimum Gasteiger partial charge on any atom is -0.383 e. The standard InChI is InChI=1S/C30H35N7O3/c1-40-21-27-14-8-16-37(27)35-28(38)15-6-5-11-25-20-36(26-12-3-2-4-13-26)30(33-25)34-29(39)23-10-7-9-22(17-23)24-18-31-32-19-24/h2-4,7,9-10,12-13,17-20,27H,5-6,8,11,14-16,21H2,1H3,(H,31,32)(H,35,38)(H,33,34,39)/t27-/m0/s1. The van der Waals surface area contributed by atoms with E-state index >= 15 is 0 Å². The Balaban J connectivity index is 1.21. The number of nitrogens with one attached hydrogen (secondary N) is 3. The molecule has 0 radical (unpaired) electrons. The van der Waals surface area contributed by atoms with Crippen molar-refractivity contribution in [1.29, 1.82) is 0 Å². The van der Waals surface area contributed by atoms with E-state index in [-0.39, 0.29) is 17.9 Å². The van der Waals surface area contributed by atoms with E-state index in [1.54, 1.807) is 25.6 Å². The summed E-state index contributed by atoms with van der Waals surface area (Å²) in [6.45, 7) is 1.48. The van der Waals surface area contributed by atoms with Crippen LogP contribution in [0, 0.1) is 0 Å². The molecule has 40 heavy (non-hydrogen) atoms. The summed E-state index contributed by atoms with van der Waals surface area (Å²) in [5.74, 6) is 0.240. The average molecular weight is 542 g/mol. The minimum absolute atomic E-state index is 0.0309. The highest BCUT2D eigenvalue weighted by atomic mass is 16.5. The zero-order valence-corrected chi connectivity index (χ0v) is 22.7. The molecule has 1 saturated heterocycles. The second-order valence-electron chi connectivity index (χ2n) is 9.97. The van der Waals surface area contributed by atoms with Gasteiger partial charge in [0.25, 0.3) is 5.91 Å². The van der Waals surface area contributed by atoms with Crippen LogP contribution in [-0.4, -0.2) is 62.9 Å². The number of aryl methyl sites for hydroxylation is 1. The summed E-state index contributed by atoms with van der Waals surface area (Å²) in [6.07, 6.45) is 10.3. The minimum atomic E-state index is -0.245. The monoisotopic (exact) mass is 541 g/mol. The van der Waals surface area contributed by atoms with E-state index in [2.05, 4.69) is 20.9 Å². The number of imidazole rings is 1. The highest BCUT2D eigenvalue weighted by Gasteiger charge is 2.25. The third-order valence-electron chi connectivity index (χ3n) is 7.06. The summed E-state index contributed by atoms with van der Waals surface area (Å²) >= 11 is 0. The summed E-state index contributed by atoms with van der Waals surface area (Å²) in [6, 6.07) is 17.4. The number of benzene rings is 2. The quantitative estimate of drug-likeness (QED) is 0.229. The number of aromatic amines is 1. The molecule has 3 heterocycles. The summed E-state index contributed by atoms with van der Waals surface area (Å²) < 4.78 is 7.16. The average Bonchev–Trinajstić information content (AvgIpc) is 3.74. The number of hydrazine groups is 1. The summed E-state index contributed by atoms with van der Waals surface area (Å²) in [5, 5.41) is 11.8. The largest absolute Gasteiger partial charge is 0.383 e. The third-order valence-corrected chi connectivity index (χ3v) is 7.06. The van der Waals surface area contributed by atoms with Crippen LogP contribution in [0.3, 0.4) is 0 Å². The van der Waals surface area contributed by atoms with E-state index in [0.29, 0.717) is 31.0 Å². The van der Waals surface area contributed by atoms with Crippen molar-refractivity contribution in [3.05, 3.63) is 84.4 Å². The number of amides is 2. The number of hydrogen-bond donors (Lipinski definition) is 3. The highest BCUT2D eigenvalue weighted by Crippen LogP contribution is 2.22. The molecule has 0 unspecified atom stereocenters. The van der Waals surface area contributed by atoms with Crippen LogP contribution in [-0.2, 0) is 16.0 Å². The highest BCUT2D eigenvalue weighted by molar-refractivity contribution is 6.04. The molecule has 1 atom stereocenters. The Labute approximate surface area is 233 Å². The van der Waals surface area contributed by atoms with Crippen LogP contribution in [0.15, 0.2) is 73.2 Å². The van der Waals surface area contributed by atoms with Gasteiger partial charge in [-0.1, -0.05) is 30.3 Å². The third kappa shape index (κ3) is 6.83. The van der Waals surface area contributed by atoms with E-state index in [1.165, 1.54) is 0 Å². The van der Waals surface area contributed by atoms with Crippen molar-refractivity contribution in [2.45, 2.75) is 44.6 Å². The zero-order chi connectivity index (χ0) is 27.7. The number of carbonyl (C=O) groups excluding carboxylic acids is 2.